The Bertz CT molecular complexity index is 265. The summed E-state index contributed by atoms with van der Waals surface area (Å²) in [6.07, 6.45) is 0.835. The van der Waals surface area contributed by atoms with Crippen molar-refractivity contribution < 1.29 is 14.6 Å². The molecule has 0 unspecified atom stereocenters. The minimum atomic E-state index is -0.0602. The molecular weight excluding hydrogens is 182 g/mol. The van der Waals surface area contributed by atoms with Crippen molar-refractivity contribution in [3.8, 4) is 5.88 Å². The summed E-state index contributed by atoms with van der Waals surface area (Å²) in [7, 11) is 1.66. The lowest BCUT2D eigenvalue weighted by Gasteiger charge is -2.05. The molecular formula is C10H15NO3. The number of hydrogen-bond donors (Lipinski definition) is 1. The summed E-state index contributed by atoms with van der Waals surface area (Å²) in [5.41, 5.74) is 0.620. The van der Waals surface area contributed by atoms with Crippen molar-refractivity contribution in [2.75, 3.05) is 20.3 Å². The van der Waals surface area contributed by atoms with Crippen molar-refractivity contribution in [3.63, 3.8) is 0 Å². The zero-order chi connectivity index (χ0) is 10.2. The van der Waals surface area contributed by atoms with Crippen LogP contribution in [0.2, 0.25) is 0 Å². The van der Waals surface area contributed by atoms with Gasteiger partial charge >= 0.3 is 0 Å². The standard InChI is InChI=1S/C10H15NO3/c1-13-6-3-7-14-10-5-2-4-9(8-12)11-10/h2,4-5,12H,3,6-8H2,1H3. The van der Waals surface area contributed by atoms with Gasteiger partial charge in [-0.25, -0.2) is 4.98 Å². The highest BCUT2D eigenvalue weighted by atomic mass is 16.5. The van der Waals surface area contributed by atoms with Gasteiger partial charge in [-0.1, -0.05) is 6.07 Å². The normalized spacial score (nSPS) is 10.1. The van der Waals surface area contributed by atoms with Gasteiger partial charge in [-0.2, -0.15) is 0 Å². The lowest BCUT2D eigenvalue weighted by molar-refractivity contribution is 0.170. The summed E-state index contributed by atoms with van der Waals surface area (Å²) in [6, 6.07) is 5.33. The molecule has 1 aromatic heterocycles. The van der Waals surface area contributed by atoms with Crippen LogP contribution in [0.5, 0.6) is 5.88 Å². The van der Waals surface area contributed by atoms with E-state index in [-0.39, 0.29) is 6.61 Å². The Kier molecular flexibility index (Phi) is 4.96. The number of hydrogen-bond acceptors (Lipinski definition) is 4. The van der Waals surface area contributed by atoms with Gasteiger partial charge in [-0.15, -0.1) is 0 Å². The van der Waals surface area contributed by atoms with Crippen LogP contribution >= 0.6 is 0 Å². The van der Waals surface area contributed by atoms with Gasteiger partial charge in [0.25, 0.3) is 0 Å². The fourth-order valence-electron chi connectivity index (χ4n) is 1.01. The number of methoxy groups -OCH3 is 1. The van der Waals surface area contributed by atoms with Gasteiger partial charge in [-0.3, -0.25) is 0 Å². The number of ether oxygens (including phenoxy) is 2. The van der Waals surface area contributed by atoms with Crippen LogP contribution in [-0.4, -0.2) is 30.4 Å². The maximum absolute atomic E-state index is 8.83. The summed E-state index contributed by atoms with van der Waals surface area (Å²) in [5.74, 6) is 0.549. The van der Waals surface area contributed by atoms with Crippen LogP contribution in [0.15, 0.2) is 18.2 Å². The van der Waals surface area contributed by atoms with E-state index in [9.17, 15) is 0 Å². The van der Waals surface area contributed by atoms with Gasteiger partial charge in [0.15, 0.2) is 0 Å². The van der Waals surface area contributed by atoms with E-state index >= 15 is 0 Å². The fraction of sp³-hybridized carbons (Fsp3) is 0.500. The Labute approximate surface area is 83.5 Å². The Balaban J connectivity index is 2.34. The maximum Gasteiger partial charge on any atom is 0.213 e. The van der Waals surface area contributed by atoms with E-state index in [1.807, 2.05) is 6.07 Å². The van der Waals surface area contributed by atoms with Crippen molar-refractivity contribution in [2.45, 2.75) is 13.0 Å². The minimum absolute atomic E-state index is 0.0602. The van der Waals surface area contributed by atoms with E-state index < -0.39 is 0 Å². The molecule has 4 nitrogen and oxygen atoms in total. The molecule has 0 spiro atoms. The first kappa shape index (κ1) is 10.9. The van der Waals surface area contributed by atoms with E-state index in [0.29, 0.717) is 24.8 Å². The molecule has 1 aromatic rings. The second kappa shape index (κ2) is 6.34. The molecule has 78 valence electrons. The van der Waals surface area contributed by atoms with Crippen molar-refractivity contribution in [1.29, 1.82) is 0 Å². The molecule has 0 aliphatic carbocycles. The molecule has 0 amide bonds. The topological polar surface area (TPSA) is 51.6 Å². The molecule has 14 heavy (non-hydrogen) atoms. The Hall–Kier alpha value is -1.13. The van der Waals surface area contributed by atoms with Gasteiger partial charge in [0.05, 0.1) is 18.9 Å². The van der Waals surface area contributed by atoms with Crippen LogP contribution in [-0.2, 0) is 11.3 Å². The second-order valence-corrected chi connectivity index (χ2v) is 2.82. The number of aliphatic hydroxyl groups excluding tert-OH is 1. The second-order valence-electron chi connectivity index (χ2n) is 2.82. The Morgan fingerprint density at radius 2 is 2.21 bits per heavy atom. The molecule has 0 bridgehead atoms. The minimum Gasteiger partial charge on any atom is -0.478 e. The number of aliphatic hydroxyl groups is 1. The first-order chi connectivity index (χ1) is 6.86. The van der Waals surface area contributed by atoms with Crippen molar-refractivity contribution in [2.24, 2.45) is 0 Å². The summed E-state index contributed by atoms with van der Waals surface area (Å²) >= 11 is 0. The van der Waals surface area contributed by atoms with E-state index in [1.165, 1.54) is 0 Å². The van der Waals surface area contributed by atoms with E-state index in [0.717, 1.165) is 6.42 Å². The molecule has 0 fully saturated rings. The summed E-state index contributed by atoms with van der Waals surface area (Å²) in [4.78, 5) is 4.08. The van der Waals surface area contributed by atoms with Crippen molar-refractivity contribution in [3.05, 3.63) is 23.9 Å². The molecule has 4 heteroatoms. The van der Waals surface area contributed by atoms with Crippen LogP contribution in [0.4, 0.5) is 0 Å². The van der Waals surface area contributed by atoms with Crippen molar-refractivity contribution >= 4 is 0 Å². The monoisotopic (exact) mass is 197 g/mol. The molecule has 0 saturated heterocycles. The summed E-state index contributed by atoms with van der Waals surface area (Å²) < 4.78 is 10.2. The average Bonchev–Trinajstić information content (AvgIpc) is 2.25. The zero-order valence-electron chi connectivity index (χ0n) is 8.27. The quantitative estimate of drug-likeness (QED) is 0.691. The highest BCUT2D eigenvalue weighted by Gasteiger charge is 1.96. The summed E-state index contributed by atoms with van der Waals surface area (Å²) in [6.45, 7) is 1.20. The number of rotatable bonds is 6. The van der Waals surface area contributed by atoms with Gasteiger partial charge in [0.1, 0.15) is 0 Å². The van der Waals surface area contributed by atoms with E-state index in [2.05, 4.69) is 4.98 Å². The lowest BCUT2D eigenvalue weighted by atomic mass is 10.4. The fourth-order valence-corrected chi connectivity index (χ4v) is 1.01. The first-order valence-corrected chi connectivity index (χ1v) is 4.55. The highest BCUT2D eigenvalue weighted by Crippen LogP contribution is 2.07. The third kappa shape index (κ3) is 3.72. The molecule has 1 heterocycles. The lowest BCUT2D eigenvalue weighted by Crippen LogP contribution is -2.03. The predicted molar refractivity (Wildman–Crippen MR) is 52.1 cm³/mol. The van der Waals surface area contributed by atoms with E-state index in [4.69, 9.17) is 14.6 Å². The summed E-state index contributed by atoms with van der Waals surface area (Å²) in [5, 5.41) is 8.83. The van der Waals surface area contributed by atoms with Gasteiger partial charge in [0.2, 0.25) is 5.88 Å². The molecule has 0 aliphatic heterocycles. The average molecular weight is 197 g/mol. The van der Waals surface area contributed by atoms with Gasteiger partial charge in [0, 0.05) is 26.2 Å². The number of nitrogens with zero attached hydrogens (tertiary/aromatic N) is 1. The molecule has 0 atom stereocenters. The first-order valence-electron chi connectivity index (χ1n) is 4.55. The zero-order valence-corrected chi connectivity index (χ0v) is 8.27. The molecule has 0 aromatic carbocycles. The maximum atomic E-state index is 8.83. The molecule has 1 N–H and O–H groups in total. The van der Waals surface area contributed by atoms with Crippen LogP contribution in [0.3, 0.4) is 0 Å². The van der Waals surface area contributed by atoms with Crippen LogP contribution in [0.1, 0.15) is 12.1 Å². The molecule has 1 rings (SSSR count). The van der Waals surface area contributed by atoms with Crippen LogP contribution in [0, 0.1) is 0 Å². The third-order valence-electron chi connectivity index (χ3n) is 1.69. The SMILES string of the molecule is COCCCOc1cccc(CO)n1. The highest BCUT2D eigenvalue weighted by molar-refractivity contribution is 5.15. The predicted octanol–water partition coefficient (Wildman–Crippen LogP) is 0.989. The van der Waals surface area contributed by atoms with E-state index in [1.54, 1.807) is 19.2 Å². The molecule has 0 aliphatic rings. The number of aromatic nitrogens is 1. The van der Waals surface area contributed by atoms with Gasteiger partial charge < -0.3 is 14.6 Å². The Morgan fingerprint density at radius 1 is 1.36 bits per heavy atom. The molecule has 0 radical (unpaired) electrons. The number of pyridine rings is 1. The molecule has 0 saturated carbocycles. The van der Waals surface area contributed by atoms with Gasteiger partial charge in [-0.05, 0) is 6.07 Å². The van der Waals surface area contributed by atoms with Crippen LogP contribution in [0.25, 0.3) is 0 Å². The Morgan fingerprint density at radius 3 is 2.93 bits per heavy atom. The largest absolute Gasteiger partial charge is 0.478 e. The van der Waals surface area contributed by atoms with Crippen molar-refractivity contribution in [1.82, 2.24) is 4.98 Å². The third-order valence-corrected chi connectivity index (χ3v) is 1.69. The smallest absolute Gasteiger partial charge is 0.213 e. The van der Waals surface area contributed by atoms with Crippen LogP contribution < -0.4 is 4.74 Å².